The molecule has 1 aromatic rings. The quantitative estimate of drug-likeness (QED) is 0.766. The van der Waals surface area contributed by atoms with E-state index in [0.29, 0.717) is 12.0 Å². The minimum absolute atomic E-state index is 0.385. The summed E-state index contributed by atoms with van der Waals surface area (Å²) < 4.78 is 0. The first-order valence-corrected chi connectivity index (χ1v) is 7.50. The maximum absolute atomic E-state index is 4.40. The van der Waals surface area contributed by atoms with E-state index in [0.717, 1.165) is 31.3 Å². The van der Waals surface area contributed by atoms with Gasteiger partial charge in [-0.3, -0.25) is 0 Å². The number of aromatic nitrogens is 2. The molecular weight excluding hydrogens is 250 g/mol. The molecule has 5 nitrogen and oxygen atoms in total. The van der Waals surface area contributed by atoms with Gasteiger partial charge < -0.3 is 15.5 Å². The lowest BCUT2D eigenvalue weighted by molar-refractivity contribution is 0.284. The maximum Gasteiger partial charge on any atom is 0.135 e. The highest BCUT2D eigenvalue weighted by Crippen LogP contribution is 2.27. The van der Waals surface area contributed by atoms with E-state index in [9.17, 15) is 0 Å². The van der Waals surface area contributed by atoms with Crippen molar-refractivity contribution in [2.24, 2.45) is 0 Å². The number of nitrogens with one attached hydrogen (secondary N) is 2. The van der Waals surface area contributed by atoms with Crippen LogP contribution in [0.2, 0.25) is 0 Å². The van der Waals surface area contributed by atoms with Gasteiger partial charge in [-0.1, -0.05) is 13.8 Å². The second kappa shape index (κ2) is 8.04. The van der Waals surface area contributed by atoms with Gasteiger partial charge >= 0.3 is 0 Å². The van der Waals surface area contributed by atoms with Gasteiger partial charge in [0.1, 0.15) is 18.0 Å². The van der Waals surface area contributed by atoms with Crippen LogP contribution in [0.3, 0.4) is 0 Å². The van der Waals surface area contributed by atoms with Crippen molar-refractivity contribution in [1.29, 1.82) is 0 Å². The van der Waals surface area contributed by atoms with Crippen LogP contribution >= 0.6 is 0 Å². The van der Waals surface area contributed by atoms with Crippen molar-refractivity contribution in [2.45, 2.75) is 46.6 Å². The lowest BCUT2D eigenvalue weighted by Crippen LogP contribution is -2.31. The first kappa shape index (κ1) is 16.7. The van der Waals surface area contributed by atoms with Crippen LogP contribution in [0.1, 0.15) is 46.1 Å². The zero-order chi connectivity index (χ0) is 15.1. The summed E-state index contributed by atoms with van der Waals surface area (Å²) in [6.07, 6.45) is 1.62. The molecule has 0 aromatic carbocycles. The molecule has 1 rings (SSSR count). The molecule has 0 fully saturated rings. The smallest absolute Gasteiger partial charge is 0.135 e. The Bertz CT molecular complexity index is 403. The molecule has 5 heteroatoms. The highest BCUT2D eigenvalue weighted by atomic mass is 15.1. The number of likely N-dealkylation sites (N-methyl/N-ethyl adjacent to an activating group) is 1. The Labute approximate surface area is 123 Å². The topological polar surface area (TPSA) is 53.1 Å². The second-order valence-corrected chi connectivity index (χ2v) is 5.67. The van der Waals surface area contributed by atoms with Crippen molar-refractivity contribution in [3.63, 3.8) is 0 Å². The minimum atomic E-state index is 0.385. The fraction of sp³-hybridized carbons (Fsp3) is 0.733. The van der Waals surface area contributed by atoms with Crippen LogP contribution < -0.4 is 10.6 Å². The van der Waals surface area contributed by atoms with Crippen LogP contribution in [0.15, 0.2) is 6.33 Å². The summed E-state index contributed by atoms with van der Waals surface area (Å²) in [5, 5.41) is 6.76. The predicted octanol–water partition coefficient (Wildman–Crippen LogP) is 2.78. The third-order valence-corrected chi connectivity index (χ3v) is 3.44. The molecule has 1 heterocycles. The van der Waals surface area contributed by atoms with E-state index in [-0.39, 0.29) is 0 Å². The molecule has 2 N–H and O–H groups in total. The summed E-state index contributed by atoms with van der Waals surface area (Å²) in [6, 6.07) is 0.559. The average molecular weight is 279 g/mol. The van der Waals surface area contributed by atoms with Crippen molar-refractivity contribution in [1.82, 2.24) is 14.9 Å². The maximum atomic E-state index is 4.40. The molecule has 0 bridgehead atoms. The Hall–Kier alpha value is -1.36. The summed E-state index contributed by atoms with van der Waals surface area (Å²) >= 11 is 0. The van der Waals surface area contributed by atoms with Crippen LogP contribution in [-0.2, 0) is 0 Å². The van der Waals surface area contributed by atoms with Gasteiger partial charge in [-0.15, -0.1) is 0 Å². The number of rotatable bonds is 8. The van der Waals surface area contributed by atoms with Crippen molar-refractivity contribution in [3.05, 3.63) is 11.9 Å². The molecule has 0 amide bonds. The number of nitrogens with zero attached hydrogens (tertiary/aromatic N) is 3. The fourth-order valence-electron chi connectivity index (χ4n) is 2.00. The molecule has 114 valence electrons. The molecule has 20 heavy (non-hydrogen) atoms. The van der Waals surface area contributed by atoms with Gasteiger partial charge in [0.05, 0.1) is 0 Å². The lowest BCUT2D eigenvalue weighted by atomic mass is 10.0. The van der Waals surface area contributed by atoms with Crippen LogP contribution in [0.4, 0.5) is 11.6 Å². The molecule has 0 aliphatic rings. The van der Waals surface area contributed by atoms with Gasteiger partial charge in [0.25, 0.3) is 0 Å². The third-order valence-electron chi connectivity index (χ3n) is 3.44. The van der Waals surface area contributed by atoms with Crippen LogP contribution in [-0.4, -0.2) is 47.6 Å². The summed E-state index contributed by atoms with van der Waals surface area (Å²) in [6.45, 7) is 13.6. The zero-order valence-corrected chi connectivity index (χ0v) is 13.7. The van der Waals surface area contributed by atoms with E-state index >= 15 is 0 Å². The van der Waals surface area contributed by atoms with Crippen molar-refractivity contribution >= 4 is 11.6 Å². The van der Waals surface area contributed by atoms with E-state index in [1.54, 1.807) is 6.33 Å². The van der Waals surface area contributed by atoms with E-state index in [4.69, 9.17) is 0 Å². The van der Waals surface area contributed by atoms with Gasteiger partial charge in [-0.2, -0.15) is 0 Å². The van der Waals surface area contributed by atoms with E-state index in [2.05, 4.69) is 67.2 Å². The summed E-state index contributed by atoms with van der Waals surface area (Å²) in [5.41, 5.74) is 1.17. The molecule has 0 saturated carbocycles. The molecule has 0 aliphatic heterocycles. The largest absolute Gasteiger partial charge is 0.370 e. The molecule has 0 radical (unpaired) electrons. The highest BCUT2D eigenvalue weighted by Gasteiger charge is 2.14. The average Bonchev–Trinajstić information content (AvgIpc) is 2.38. The predicted molar refractivity (Wildman–Crippen MR) is 86.5 cm³/mol. The van der Waals surface area contributed by atoms with Crippen LogP contribution in [0.5, 0.6) is 0 Å². The van der Waals surface area contributed by atoms with Gasteiger partial charge in [0.2, 0.25) is 0 Å². The minimum Gasteiger partial charge on any atom is -0.370 e. The Balaban J connectivity index is 2.76. The molecule has 0 saturated heterocycles. The molecule has 0 atom stereocenters. The highest BCUT2D eigenvalue weighted by molar-refractivity contribution is 5.58. The number of hydrogen-bond acceptors (Lipinski definition) is 5. The Morgan fingerprint density at radius 1 is 1.10 bits per heavy atom. The van der Waals surface area contributed by atoms with E-state index in [1.807, 2.05) is 0 Å². The van der Waals surface area contributed by atoms with Gasteiger partial charge in [-0.05, 0) is 33.7 Å². The van der Waals surface area contributed by atoms with Crippen LogP contribution in [0.25, 0.3) is 0 Å². The first-order chi connectivity index (χ1) is 9.47. The van der Waals surface area contributed by atoms with Gasteiger partial charge in [0.15, 0.2) is 0 Å². The standard InChI is InChI=1S/C15H29N5/c1-7-16-14-13(11(2)3)15(19-10-18-14)17-8-9-20(6)12(4)5/h10-12H,7-9H2,1-6H3,(H2,16,17,18,19). The number of hydrogen-bond donors (Lipinski definition) is 2. The van der Waals surface area contributed by atoms with E-state index in [1.165, 1.54) is 5.56 Å². The second-order valence-electron chi connectivity index (χ2n) is 5.67. The lowest BCUT2D eigenvalue weighted by Gasteiger charge is -2.22. The zero-order valence-electron chi connectivity index (χ0n) is 13.7. The Kier molecular flexibility index (Phi) is 6.71. The molecule has 1 aromatic heterocycles. The van der Waals surface area contributed by atoms with Crippen LogP contribution in [0, 0.1) is 0 Å². The van der Waals surface area contributed by atoms with Crippen molar-refractivity contribution in [3.8, 4) is 0 Å². The summed E-state index contributed by atoms with van der Waals surface area (Å²) in [4.78, 5) is 11.1. The molecular formula is C15H29N5. The Morgan fingerprint density at radius 3 is 2.20 bits per heavy atom. The molecule has 0 aliphatic carbocycles. The van der Waals surface area contributed by atoms with E-state index < -0.39 is 0 Å². The van der Waals surface area contributed by atoms with Gasteiger partial charge in [0, 0.05) is 31.2 Å². The number of anilines is 2. The molecule has 0 unspecified atom stereocenters. The SMILES string of the molecule is CCNc1ncnc(NCCN(C)C(C)C)c1C(C)C. The summed E-state index contributed by atoms with van der Waals surface area (Å²) in [5.74, 6) is 2.27. The normalized spacial score (nSPS) is 11.4. The fourth-order valence-corrected chi connectivity index (χ4v) is 2.00. The van der Waals surface area contributed by atoms with Crippen molar-refractivity contribution < 1.29 is 0 Å². The molecule has 0 spiro atoms. The first-order valence-electron chi connectivity index (χ1n) is 7.50. The monoisotopic (exact) mass is 279 g/mol. The van der Waals surface area contributed by atoms with Gasteiger partial charge in [-0.25, -0.2) is 9.97 Å². The van der Waals surface area contributed by atoms with Crippen molar-refractivity contribution in [2.75, 3.05) is 37.3 Å². The Morgan fingerprint density at radius 2 is 1.70 bits per heavy atom. The third kappa shape index (κ3) is 4.63. The summed E-state index contributed by atoms with van der Waals surface area (Å²) in [7, 11) is 2.14.